The Morgan fingerprint density at radius 2 is 2.00 bits per heavy atom. The molecule has 3 fully saturated rings. The van der Waals surface area contributed by atoms with E-state index in [2.05, 4.69) is 17.9 Å². The quantitative estimate of drug-likeness (QED) is 0.837. The maximum absolute atomic E-state index is 12.2. The first-order valence-electron chi connectivity index (χ1n) is 10.6. The second-order valence-electron chi connectivity index (χ2n) is 9.02. The Kier molecular flexibility index (Phi) is 5.32. The number of nitrogens with zero attached hydrogens (tertiary/aromatic N) is 1. The number of rotatable bonds is 5. The second kappa shape index (κ2) is 7.60. The van der Waals surface area contributed by atoms with Crippen molar-refractivity contribution in [2.45, 2.75) is 63.5 Å². The zero-order valence-electron chi connectivity index (χ0n) is 16.9. The number of piperidine rings is 1. The van der Waals surface area contributed by atoms with Crippen LogP contribution in [0.2, 0.25) is 0 Å². The zero-order chi connectivity index (χ0) is 19.9. The maximum Gasteiger partial charge on any atom is 0.335 e. The molecule has 2 aliphatic heterocycles. The minimum absolute atomic E-state index is 0.207. The van der Waals surface area contributed by atoms with Crippen molar-refractivity contribution in [1.82, 2.24) is 4.90 Å². The Balaban J connectivity index is 1.38. The fraction of sp³-hybridized carbons (Fsp3) is 0.652. The van der Waals surface area contributed by atoms with E-state index in [1.807, 2.05) is 12.1 Å². The van der Waals surface area contributed by atoms with Crippen LogP contribution < -0.4 is 0 Å². The summed E-state index contributed by atoms with van der Waals surface area (Å²) in [6, 6.07) is 7.79. The number of carbonyl (C=O) groups excluding carboxylic acids is 1. The van der Waals surface area contributed by atoms with Crippen molar-refractivity contribution >= 4 is 11.8 Å². The van der Waals surface area contributed by atoms with E-state index < -0.39 is 11.6 Å². The molecule has 4 atom stereocenters. The number of hydrogen-bond donors (Lipinski definition) is 1. The molecule has 1 saturated carbocycles. The van der Waals surface area contributed by atoms with E-state index in [0.717, 1.165) is 50.8 Å². The van der Waals surface area contributed by atoms with E-state index in [1.54, 1.807) is 13.0 Å². The van der Waals surface area contributed by atoms with Gasteiger partial charge in [0.2, 0.25) is 0 Å². The molecule has 0 bridgehead atoms. The molecule has 1 aromatic carbocycles. The lowest BCUT2D eigenvalue weighted by Gasteiger charge is -2.46. The van der Waals surface area contributed by atoms with Crippen LogP contribution in [0.4, 0.5) is 0 Å². The highest BCUT2D eigenvalue weighted by Crippen LogP contribution is 2.47. The third kappa shape index (κ3) is 3.62. The lowest BCUT2D eigenvalue weighted by molar-refractivity contribution is -0.161. The number of carbonyl (C=O) groups is 2. The molecule has 2 heterocycles. The van der Waals surface area contributed by atoms with E-state index >= 15 is 0 Å². The molecule has 1 aromatic rings. The summed E-state index contributed by atoms with van der Waals surface area (Å²) in [6.07, 6.45) is 5.17. The molecular weight excluding hydrogens is 354 g/mol. The Morgan fingerprint density at radius 1 is 1.21 bits per heavy atom. The van der Waals surface area contributed by atoms with Crippen LogP contribution in [0.1, 0.15) is 67.8 Å². The van der Waals surface area contributed by atoms with Gasteiger partial charge in [-0.3, -0.25) is 9.69 Å². The number of ether oxygens (including phenoxy) is 1. The number of benzene rings is 1. The van der Waals surface area contributed by atoms with Gasteiger partial charge in [0.15, 0.2) is 5.78 Å². The van der Waals surface area contributed by atoms with Gasteiger partial charge in [-0.05, 0) is 81.0 Å². The number of carboxylic acid groups (broad SMARTS) is 1. The zero-order valence-corrected chi connectivity index (χ0v) is 16.9. The van der Waals surface area contributed by atoms with Crippen molar-refractivity contribution in [3.63, 3.8) is 0 Å². The Bertz CT molecular complexity index is 749. The van der Waals surface area contributed by atoms with Crippen molar-refractivity contribution < 1.29 is 19.4 Å². The van der Waals surface area contributed by atoms with Crippen LogP contribution in [0.3, 0.4) is 0 Å². The van der Waals surface area contributed by atoms with Crippen LogP contribution in [0.5, 0.6) is 0 Å². The molecule has 0 radical (unpaired) electrons. The van der Waals surface area contributed by atoms with E-state index in [-0.39, 0.29) is 5.78 Å². The minimum atomic E-state index is -0.865. The van der Waals surface area contributed by atoms with Gasteiger partial charge in [-0.2, -0.15) is 0 Å². The van der Waals surface area contributed by atoms with E-state index in [4.69, 9.17) is 4.74 Å². The number of hydrogen-bond acceptors (Lipinski definition) is 4. The molecule has 3 aliphatic rings. The molecular formula is C23H31NO4. The first-order valence-corrected chi connectivity index (χ1v) is 10.6. The van der Waals surface area contributed by atoms with Crippen molar-refractivity contribution in [2.24, 2.45) is 11.8 Å². The summed E-state index contributed by atoms with van der Waals surface area (Å²) < 4.78 is 6.25. The second-order valence-corrected chi connectivity index (χ2v) is 9.02. The molecule has 0 aromatic heterocycles. The van der Waals surface area contributed by atoms with Crippen molar-refractivity contribution in [3.05, 3.63) is 35.4 Å². The largest absolute Gasteiger partial charge is 0.478 e. The van der Waals surface area contributed by atoms with Crippen LogP contribution >= 0.6 is 0 Å². The Hall–Kier alpha value is -1.72. The minimum Gasteiger partial charge on any atom is -0.478 e. The van der Waals surface area contributed by atoms with E-state index in [9.17, 15) is 14.7 Å². The first kappa shape index (κ1) is 19.6. The number of Topliss-reactive ketones (excluding diaryl/α,β-unsaturated/α-hetero) is 1. The molecule has 1 aliphatic carbocycles. The summed E-state index contributed by atoms with van der Waals surface area (Å²) in [7, 11) is 0. The van der Waals surface area contributed by atoms with Crippen molar-refractivity contribution in [2.75, 3.05) is 19.7 Å². The van der Waals surface area contributed by atoms with Gasteiger partial charge in [0.05, 0.1) is 12.2 Å². The van der Waals surface area contributed by atoms with Crippen LogP contribution in [0.15, 0.2) is 24.3 Å². The lowest BCUT2D eigenvalue weighted by Crippen LogP contribution is -2.54. The molecule has 1 unspecified atom stereocenters. The maximum atomic E-state index is 12.2. The van der Waals surface area contributed by atoms with E-state index in [1.165, 1.54) is 0 Å². The average Bonchev–Trinajstić information content (AvgIpc) is 3.53. The highest BCUT2D eigenvalue weighted by Gasteiger charge is 2.52. The standard InChI is InChI=1S/C23H31NO4/c1-15-13-24(11-9-21(15)17-4-3-5-18(12-17)22(26)27)20-8-10-23(16(2)25,28-14-20)19-6-7-19/h3-5,12,15,19-21H,6-11,13-14H2,1-2H3,(H,26,27)/t15-,20?,21-,23-/m1/s1. The van der Waals surface area contributed by atoms with Gasteiger partial charge in [0.1, 0.15) is 5.60 Å². The summed E-state index contributed by atoms with van der Waals surface area (Å²) >= 11 is 0. The van der Waals surface area contributed by atoms with Crippen molar-refractivity contribution in [1.29, 1.82) is 0 Å². The SMILES string of the molecule is CC(=O)[C@@]1(C2CC2)CCC(N2CC[C@@H](c3cccc(C(=O)O)c3)[C@H](C)C2)CO1. The van der Waals surface area contributed by atoms with Gasteiger partial charge >= 0.3 is 5.97 Å². The van der Waals surface area contributed by atoms with Gasteiger partial charge in [-0.1, -0.05) is 19.1 Å². The monoisotopic (exact) mass is 385 g/mol. The van der Waals surface area contributed by atoms with Crippen LogP contribution in [0, 0.1) is 11.8 Å². The molecule has 2 saturated heterocycles. The summed E-state index contributed by atoms with van der Waals surface area (Å²) in [5.41, 5.74) is 1.00. The lowest BCUT2D eigenvalue weighted by atomic mass is 9.79. The molecule has 0 spiro atoms. The van der Waals surface area contributed by atoms with Gasteiger partial charge in [-0.15, -0.1) is 0 Å². The molecule has 152 valence electrons. The predicted molar refractivity (Wildman–Crippen MR) is 107 cm³/mol. The first-order chi connectivity index (χ1) is 13.4. The fourth-order valence-corrected chi connectivity index (χ4v) is 5.41. The molecule has 28 heavy (non-hydrogen) atoms. The highest BCUT2D eigenvalue weighted by molar-refractivity contribution is 5.87. The summed E-state index contributed by atoms with van der Waals surface area (Å²) in [5, 5.41) is 9.26. The third-order valence-electron chi connectivity index (χ3n) is 7.23. The van der Waals surface area contributed by atoms with Crippen molar-refractivity contribution in [3.8, 4) is 0 Å². The molecule has 1 N–H and O–H groups in total. The number of likely N-dealkylation sites (tertiary alicyclic amines) is 1. The van der Waals surface area contributed by atoms with Gasteiger partial charge in [-0.25, -0.2) is 4.79 Å². The highest BCUT2D eigenvalue weighted by atomic mass is 16.5. The van der Waals surface area contributed by atoms with E-state index in [0.29, 0.717) is 36.0 Å². The molecule has 0 amide bonds. The molecule has 4 rings (SSSR count). The number of ketones is 1. The third-order valence-corrected chi connectivity index (χ3v) is 7.23. The number of aromatic carboxylic acids is 1. The average molecular weight is 386 g/mol. The van der Waals surface area contributed by atoms with Crippen LogP contribution in [-0.4, -0.2) is 53.1 Å². The van der Waals surface area contributed by atoms with Gasteiger partial charge in [0.25, 0.3) is 0 Å². The van der Waals surface area contributed by atoms with Gasteiger partial charge < -0.3 is 9.84 Å². The summed E-state index contributed by atoms with van der Waals surface area (Å²) in [5.74, 6) is 0.635. The fourth-order valence-electron chi connectivity index (χ4n) is 5.41. The van der Waals surface area contributed by atoms with Crippen LogP contribution in [0.25, 0.3) is 0 Å². The summed E-state index contributed by atoms with van der Waals surface area (Å²) in [4.78, 5) is 26.0. The molecule has 5 heteroatoms. The smallest absolute Gasteiger partial charge is 0.335 e. The normalized spacial score (nSPS) is 34.1. The topological polar surface area (TPSA) is 66.8 Å². The molecule has 5 nitrogen and oxygen atoms in total. The Morgan fingerprint density at radius 3 is 2.57 bits per heavy atom. The predicted octanol–water partition coefficient (Wildman–Crippen LogP) is 3.73. The Labute approximate surface area is 167 Å². The number of carboxylic acids is 1. The van der Waals surface area contributed by atoms with Gasteiger partial charge in [0, 0.05) is 12.6 Å². The summed E-state index contributed by atoms with van der Waals surface area (Å²) in [6.45, 7) is 6.60. The van der Waals surface area contributed by atoms with Crippen LogP contribution in [-0.2, 0) is 9.53 Å².